The van der Waals surface area contributed by atoms with Gasteiger partial charge in [-0.2, -0.15) is 0 Å². The van der Waals surface area contributed by atoms with E-state index in [1.807, 2.05) is 6.08 Å². The minimum atomic E-state index is -0.0886. The summed E-state index contributed by atoms with van der Waals surface area (Å²) in [5.41, 5.74) is 0. The van der Waals surface area contributed by atoms with Gasteiger partial charge < -0.3 is 4.74 Å². The normalized spacial score (nSPS) is 18.4. The van der Waals surface area contributed by atoms with Crippen LogP contribution in [0.15, 0.2) is 23.7 Å². The first kappa shape index (κ1) is 6.33. The highest BCUT2D eigenvalue weighted by molar-refractivity contribution is 5.19. The van der Waals surface area contributed by atoms with E-state index in [2.05, 4.69) is 0 Å². The Morgan fingerprint density at radius 2 is 2.44 bits per heavy atom. The molecule has 1 nitrogen and oxygen atoms in total. The molecule has 50 valence electrons. The van der Waals surface area contributed by atoms with Crippen molar-refractivity contribution >= 4 is 0 Å². The standard InChI is InChI=1S/C7H9FO/c1-9-7-4-2-3-6(8)5-7/h4-5H,2-3H2,1H3. The van der Waals surface area contributed by atoms with Crippen molar-refractivity contribution in [3.63, 3.8) is 0 Å². The van der Waals surface area contributed by atoms with Crippen LogP contribution >= 0.6 is 0 Å². The zero-order valence-electron chi connectivity index (χ0n) is 5.36. The predicted octanol–water partition coefficient (Wildman–Crippen LogP) is 2.16. The number of hydrogen-bond acceptors (Lipinski definition) is 1. The Morgan fingerprint density at radius 1 is 1.67 bits per heavy atom. The summed E-state index contributed by atoms with van der Waals surface area (Å²) in [5, 5.41) is 0. The monoisotopic (exact) mass is 128 g/mol. The number of allylic oxidation sites excluding steroid dienone is 3. The molecular formula is C7H9FO. The Kier molecular flexibility index (Phi) is 1.88. The van der Waals surface area contributed by atoms with Gasteiger partial charge in [-0.1, -0.05) is 0 Å². The van der Waals surface area contributed by atoms with Crippen molar-refractivity contribution in [1.29, 1.82) is 0 Å². The molecule has 0 N–H and O–H groups in total. The Balaban J connectivity index is 2.63. The predicted molar refractivity (Wildman–Crippen MR) is 33.5 cm³/mol. The molecule has 1 rings (SSSR count). The first-order valence-electron chi connectivity index (χ1n) is 2.93. The van der Waals surface area contributed by atoms with Gasteiger partial charge in [0.25, 0.3) is 0 Å². The van der Waals surface area contributed by atoms with E-state index in [-0.39, 0.29) is 5.83 Å². The summed E-state index contributed by atoms with van der Waals surface area (Å²) in [4.78, 5) is 0. The molecule has 0 fully saturated rings. The summed E-state index contributed by atoms with van der Waals surface area (Å²) in [6.07, 6.45) is 4.57. The molecular weight excluding hydrogens is 119 g/mol. The molecule has 0 atom stereocenters. The molecule has 0 unspecified atom stereocenters. The van der Waals surface area contributed by atoms with Crippen LogP contribution < -0.4 is 0 Å². The van der Waals surface area contributed by atoms with Crippen LogP contribution in [-0.4, -0.2) is 7.11 Å². The van der Waals surface area contributed by atoms with Gasteiger partial charge in [0.2, 0.25) is 0 Å². The van der Waals surface area contributed by atoms with E-state index >= 15 is 0 Å². The van der Waals surface area contributed by atoms with Crippen molar-refractivity contribution in [3.05, 3.63) is 23.7 Å². The van der Waals surface area contributed by atoms with Crippen LogP contribution in [0.4, 0.5) is 4.39 Å². The summed E-state index contributed by atoms with van der Waals surface area (Å²) in [5.74, 6) is 0.549. The topological polar surface area (TPSA) is 9.23 Å². The van der Waals surface area contributed by atoms with Crippen LogP contribution in [0.25, 0.3) is 0 Å². The van der Waals surface area contributed by atoms with Gasteiger partial charge in [-0.05, 0) is 12.5 Å². The molecule has 0 saturated heterocycles. The lowest BCUT2D eigenvalue weighted by molar-refractivity contribution is 0.300. The summed E-state index contributed by atoms with van der Waals surface area (Å²) >= 11 is 0. The molecule has 0 amide bonds. The van der Waals surface area contributed by atoms with Gasteiger partial charge in [-0.15, -0.1) is 0 Å². The number of halogens is 1. The molecule has 0 radical (unpaired) electrons. The van der Waals surface area contributed by atoms with Crippen molar-refractivity contribution in [2.45, 2.75) is 12.8 Å². The van der Waals surface area contributed by atoms with Gasteiger partial charge in [0, 0.05) is 12.5 Å². The van der Waals surface area contributed by atoms with Crippen LogP contribution in [0.3, 0.4) is 0 Å². The highest BCUT2D eigenvalue weighted by Gasteiger charge is 2.02. The molecule has 0 aliphatic heterocycles. The molecule has 0 heterocycles. The zero-order valence-corrected chi connectivity index (χ0v) is 5.36. The highest BCUT2D eigenvalue weighted by Crippen LogP contribution is 2.17. The minimum absolute atomic E-state index is 0.0886. The Bertz CT molecular complexity index is 158. The van der Waals surface area contributed by atoms with Crippen molar-refractivity contribution in [3.8, 4) is 0 Å². The van der Waals surface area contributed by atoms with Crippen LogP contribution in [0, 0.1) is 0 Å². The van der Waals surface area contributed by atoms with E-state index in [0.717, 1.165) is 6.42 Å². The molecule has 0 saturated carbocycles. The fourth-order valence-electron chi connectivity index (χ4n) is 0.780. The lowest BCUT2D eigenvalue weighted by Crippen LogP contribution is -1.89. The fraction of sp³-hybridized carbons (Fsp3) is 0.429. The van der Waals surface area contributed by atoms with E-state index in [1.54, 1.807) is 7.11 Å². The molecule has 9 heavy (non-hydrogen) atoms. The Morgan fingerprint density at radius 3 is 2.89 bits per heavy atom. The van der Waals surface area contributed by atoms with E-state index in [1.165, 1.54) is 6.08 Å². The van der Waals surface area contributed by atoms with E-state index in [0.29, 0.717) is 12.2 Å². The first-order valence-corrected chi connectivity index (χ1v) is 2.93. The first-order chi connectivity index (χ1) is 4.33. The van der Waals surface area contributed by atoms with Crippen molar-refractivity contribution in [2.75, 3.05) is 7.11 Å². The van der Waals surface area contributed by atoms with E-state index < -0.39 is 0 Å². The molecule has 1 aliphatic rings. The summed E-state index contributed by atoms with van der Waals surface area (Å²) < 4.78 is 17.2. The summed E-state index contributed by atoms with van der Waals surface area (Å²) in [6.45, 7) is 0. The maximum absolute atomic E-state index is 12.4. The molecule has 2 heteroatoms. The largest absolute Gasteiger partial charge is 0.497 e. The van der Waals surface area contributed by atoms with Crippen molar-refractivity contribution in [2.24, 2.45) is 0 Å². The lowest BCUT2D eigenvalue weighted by Gasteiger charge is -2.05. The molecule has 0 spiro atoms. The summed E-state index contributed by atoms with van der Waals surface area (Å²) in [6, 6.07) is 0. The summed E-state index contributed by atoms with van der Waals surface area (Å²) in [7, 11) is 1.54. The van der Waals surface area contributed by atoms with E-state index in [4.69, 9.17) is 4.74 Å². The molecule has 0 aromatic carbocycles. The third kappa shape index (κ3) is 1.56. The third-order valence-electron chi connectivity index (χ3n) is 1.26. The fourth-order valence-corrected chi connectivity index (χ4v) is 0.780. The van der Waals surface area contributed by atoms with Crippen LogP contribution in [0.5, 0.6) is 0 Å². The smallest absolute Gasteiger partial charge is 0.117 e. The second kappa shape index (κ2) is 2.67. The number of rotatable bonds is 1. The van der Waals surface area contributed by atoms with Crippen LogP contribution in [-0.2, 0) is 4.74 Å². The number of ether oxygens (including phenoxy) is 1. The van der Waals surface area contributed by atoms with Gasteiger partial charge in [-0.25, -0.2) is 4.39 Å². The average molecular weight is 128 g/mol. The van der Waals surface area contributed by atoms with Gasteiger partial charge >= 0.3 is 0 Å². The van der Waals surface area contributed by atoms with Crippen LogP contribution in [0.2, 0.25) is 0 Å². The SMILES string of the molecule is COC1=CCCC(F)=C1. The number of methoxy groups -OCH3 is 1. The average Bonchev–Trinajstić information content (AvgIpc) is 1.88. The van der Waals surface area contributed by atoms with Crippen molar-refractivity contribution in [1.82, 2.24) is 0 Å². The zero-order chi connectivity index (χ0) is 6.69. The maximum atomic E-state index is 12.4. The molecule has 1 aliphatic carbocycles. The molecule has 0 aromatic rings. The molecule has 0 aromatic heterocycles. The van der Waals surface area contributed by atoms with Crippen LogP contribution in [0.1, 0.15) is 12.8 Å². The maximum Gasteiger partial charge on any atom is 0.117 e. The van der Waals surface area contributed by atoms with Gasteiger partial charge in [0.15, 0.2) is 0 Å². The van der Waals surface area contributed by atoms with Gasteiger partial charge in [0.05, 0.1) is 7.11 Å². The highest BCUT2D eigenvalue weighted by atomic mass is 19.1. The Labute approximate surface area is 53.8 Å². The quantitative estimate of drug-likeness (QED) is 0.525. The van der Waals surface area contributed by atoms with Gasteiger partial charge in [-0.3, -0.25) is 0 Å². The van der Waals surface area contributed by atoms with Crippen molar-refractivity contribution < 1.29 is 9.13 Å². The minimum Gasteiger partial charge on any atom is -0.497 e. The Hall–Kier alpha value is -0.790. The number of hydrogen-bond donors (Lipinski definition) is 0. The third-order valence-corrected chi connectivity index (χ3v) is 1.26. The second-order valence-corrected chi connectivity index (χ2v) is 1.94. The second-order valence-electron chi connectivity index (χ2n) is 1.94. The lowest BCUT2D eigenvalue weighted by atomic mass is 10.1. The molecule has 0 bridgehead atoms. The van der Waals surface area contributed by atoms with E-state index in [9.17, 15) is 4.39 Å². The van der Waals surface area contributed by atoms with Gasteiger partial charge in [0.1, 0.15) is 11.6 Å².